The molecule has 0 unspecified atom stereocenters. The molecule has 0 N–H and O–H groups in total. The maximum Gasteiger partial charge on any atom is 0.410 e. The van der Waals surface area contributed by atoms with Crippen molar-refractivity contribution < 1.29 is 23.9 Å². The van der Waals surface area contributed by atoms with E-state index in [1.54, 1.807) is 24.3 Å². The molecule has 7 rings (SSSR count). The lowest BCUT2D eigenvalue weighted by Gasteiger charge is -2.35. The molecule has 0 saturated carbocycles. The number of allylic oxidation sites excluding steroid dienone is 1. The van der Waals surface area contributed by atoms with Crippen LogP contribution >= 0.6 is 0 Å². The van der Waals surface area contributed by atoms with E-state index in [4.69, 9.17) is 14.5 Å². The van der Waals surface area contributed by atoms with Gasteiger partial charge in [-0.3, -0.25) is 14.5 Å². The molecule has 2 aliphatic rings. The quantitative estimate of drug-likeness (QED) is 0.177. The molecule has 1 aromatic heterocycles. The first-order valence-electron chi connectivity index (χ1n) is 16.7. The number of fused-ring (bicyclic) bond motifs is 3. The zero-order valence-corrected chi connectivity index (χ0v) is 28.2. The van der Waals surface area contributed by atoms with Crippen molar-refractivity contribution in [2.24, 2.45) is 0 Å². The molecule has 1 saturated heterocycles. The second-order valence-electron chi connectivity index (χ2n) is 13.7. The average molecular weight is 654 g/mol. The maximum absolute atomic E-state index is 13.6. The largest absolute Gasteiger partial charge is 0.444 e. The minimum absolute atomic E-state index is 0.00340. The van der Waals surface area contributed by atoms with Crippen LogP contribution in [0.5, 0.6) is 0 Å². The third-order valence-corrected chi connectivity index (χ3v) is 9.03. The molecule has 248 valence electrons. The van der Waals surface area contributed by atoms with Crippen LogP contribution in [0.1, 0.15) is 62.2 Å². The zero-order valence-electron chi connectivity index (χ0n) is 28.2. The number of para-hydroxylation sites is 1. The van der Waals surface area contributed by atoms with Crippen molar-refractivity contribution in [3.05, 3.63) is 114 Å². The van der Waals surface area contributed by atoms with Crippen molar-refractivity contribution in [3.8, 4) is 11.1 Å². The van der Waals surface area contributed by atoms with Crippen molar-refractivity contribution in [3.63, 3.8) is 0 Å². The van der Waals surface area contributed by atoms with Crippen LogP contribution in [0.3, 0.4) is 0 Å². The van der Waals surface area contributed by atoms with Gasteiger partial charge in [0, 0.05) is 43.7 Å². The predicted molar refractivity (Wildman–Crippen MR) is 192 cm³/mol. The summed E-state index contributed by atoms with van der Waals surface area (Å²) in [4.78, 5) is 48.2. The fraction of sp³-hybridized carbons (Fsp3) is 0.268. The molecule has 2 aliphatic heterocycles. The first-order chi connectivity index (χ1) is 23.6. The summed E-state index contributed by atoms with van der Waals surface area (Å²) >= 11 is 0. The van der Waals surface area contributed by atoms with Crippen molar-refractivity contribution in [2.75, 3.05) is 18.1 Å². The lowest BCUT2D eigenvalue weighted by atomic mass is 9.96. The Bertz CT molecular complexity index is 2140. The van der Waals surface area contributed by atoms with Crippen LogP contribution in [0.2, 0.25) is 0 Å². The van der Waals surface area contributed by atoms with E-state index >= 15 is 0 Å². The molecule has 0 radical (unpaired) electrons. The summed E-state index contributed by atoms with van der Waals surface area (Å²) in [5.41, 5.74) is 4.86. The Kier molecular flexibility index (Phi) is 8.50. The zero-order chi connectivity index (χ0) is 34.3. The van der Waals surface area contributed by atoms with Gasteiger partial charge in [0.15, 0.2) is 0 Å². The highest BCUT2D eigenvalue weighted by molar-refractivity contribution is 6.26. The van der Waals surface area contributed by atoms with E-state index in [1.165, 1.54) is 11.8 Å². The highest BCUT2D eigenvalue weighted by Gasteiger charge is 2.35. The Hall–Kier alpha value is -5.34. The number of anilines is 1. The number of carbonyl (C=O) groups is 3. The summed E-state index contributed by atoms with van der Waals surface area (Å²) in [6.45, 7) is 8.68. The highest BCUT2D eigenvalue weighted by atomic mass is 16.6. The molecule has 4 aromatic carbocycles. The van der Waals surface area contributed by atoms with Crippen LogP contribution in [-0.2, 0) is 20.8 Å². The number of amides is 2. The molecule has 2 amide bonds. The number of ether oxygens (including phenoxy) is 2. The van der Waals surface area contributed by atoms with Crippen molar-refractivity contribution >= 4 is 51.2 Å². The summed E-state index contributed by atoms with van der Waals surface area (Å²) in [7, 11) is 0. The second kappa shape index (κ2) is 12.9. The molecular formula is C41H39N3O5. The smallest absolute Gasteiger partial charge is 0.410 e. The number of hydrogen-bond donors (Lipinski definition) is 0. The number of rotatable bonds is 5. The fourth-order valence-corrected chi connectivity index (χ4v) is 6.76. The predicted octanol–water partition coefficient (Wildman–Crippen LogP) is 8.56. The average Bonchev–Trinajstić information content (AvgIpc) is 3.37. The molecule has 0 atom stereocenters. The molecule has 0 bridgehead atoms. The molecule has 8 nitrogen and oxygen atoms in total. The topological polar surface area (TPSA) is 89.0 Å². The van der Waals surface area contributed by atoms with Gasteiger partial charge in [-0.15, -0.1) is 0 Å². The van der Waals surface area contributed by atoms with E-state index in [-0.39, 0.29) is 29.5 Å². The summed E-state index contributed by atoms with van der Waals surface area (Å²) in [6.07, 6.45) is 2.85. The van der Waals surface area contributed by atoms with Crippen LogP contribution in [-0.4, -0.2) is 52.5 Å². The maximum atomic E-state index is 13.6. The Morgan fingerprint density at radius 3 is 2.41 bits per heavy atom. The van der Waals surface area contributed by atoms with Gasteiger partial charge in [0.05, 0.1) is 22.6 Å². The van der Waals surface area contributed by atoms with Gasteiger partial charge in [0.1, 0.15) is 5.60 Å². The van der Waals surface area contributed by atoms with Crippen LogP contribution in [0.25, 0.3) is 38.9 Å². The standard InChI is InChI=1S/C41H39N3O5/c1-26(45)44-37-12-8-7-11-33(37)39(46)38(44)24-31-23-34(30-15-14-28-9-5-6-10-29(28)22-30)35-21-27(13-16-36(35)42-31)25-43(32-17-19-48-20-18-32)40(47)49-41(2,3)4/h5-16,21-24,32H,17-20,25H2,1-4H3/b38-24-. The third-order valence-electron chi connectivity index (χ3n) is 9.03. The minimum Gasteiger partial charge on any atom is -0.444 e. The van der Waals surface area contributed by atoms with Crippen molar-refractivity contribution in [1.82, 2.24) is 9.88 Å². The van der Waals surface area contributed by atoms with Crippen LogP contribution in [0, 0.1) is 0 Å². The Balaban J connectivity index is 1.35. The number of nitrogens with zero attached hydrogens (tertiary/aromatic N) is 3. The Morgan fingerprint density at radius 2 is 1.65 bits per heavy atom. The van der Waals surface area contributed by atoms with Gasteiger partial charge in [-0.2, -0.15) is 0 Å². The fourth-order valence-electron chi connectivity index (χ4n) is 6.76. The van der Waals surface area contributed by atoms with Crippen LogP contribution < -0.4 is 4.90 Å². The lowest BCUT2D eigenvalue weighted by molar-refractivity contribution is -0.116. The minimum atomic E-state index is -0.623. The number of hydrogen-bond acceptors (Lipinski definition) is 6. The van der Waals surface area contributed by atoms with E-state index in [1.807, 2.05) is 62.1 Å². The van der Waals surface area contributed by atoms with Gasteiger partial charge in [0.2, 0.25) is 11.7 Å². The Morgan fingerprint density at radius 1 is 0.918 bits per heavy atom. The Labute approximate surface area is 285 Å². The molecule has 0 spiro atoms. The SMILES string of the molecule is CC(=O)N1/C(=C\c2cc(-c3ccc4ccccc4c3)c3cc(CN(C(=O)OC(C)(C)C)C4CCOCC4)ccc3n2)C(=O)c2ccccc21. The first kappa shape index (κ1) is 32.2. The van der Waals surface area contributed by atoms with E-state index in [0.717, 1.165) is 51.2 Å². The van der Waals surface area contributed by atoms with Gasteiger partial charge in [-0.1, -0.05) is 54.6 Å². The first-order valence-corrected chi connectivity index (χ1v) is 16.7. The van der Waals surface area contributed by atoms with Gasteiger partial charge in [-0.05, 0) is 104 Å². The van der Waals surface area contributed by atoms with E-state index in [2.05, 4.69) is 36.4 Å². The molecular weight excluding hydrogens is 614 g/mol. The third kappa shape index (κ3) is 6.56. The molecule has 1 fully saturated rings. The van der Waals surface area contributed by atoms with Crippen molar-refractivity contribution in [2.45, 2.75) is 58.7 Å². The molecule has 0 aliphatic carbocycles. The molecule has 8 heteroatoms. The number of benzene rings is 4. The summed E-state index contributed by atoms with van der Waals surface area (Å²) in [5, 5.41) is 3.14. The van der Waals surface area contributed by atoms with Gasteiger partial charge < -0.3 is 14.4 Å². The van der Waals surface area contributed by atoms with E-state index in [9.17, 15) is 14.4 Å². The van der Waals surface area contributed by atoms with Crippen molar-refractivity contribution in [1.29, 1.82) is 0 Å². The number of ketones is 1. The van der Waals surface area contributed by atoms with Crippen LogP contribution in [0.4, 0.5) is 10.5 Å². The molecule has 49 heavy (non-hydrogen) atoms. The van der Waals surface area contributed by atoms with E-state index in [0.29, 0.717) is 36.7 Å². The van der Waals surface area contributed by atoms with Gasteiger partial charge >= 0.3 is 6.09 Å². The summed E-state index contributed by atoms with van der Waals surface area (Å²) < 4.78 is 11.5. The molecule has 3 heterocycles. The number of aromatic nitrogens is 1. The van der Waals surface area contributed by atoms with Crippen LogP contribution in [0.15, 0.2) is 96.7 Å². The second-order valence-corrected chi connectivity index (χ2v) is 13.7. The monoisotopic (exact) mass is 653 g/mol. The number of carbonyl (C=O) groups excluding carboxylic acids is 3. The van der Waals surface area contributed by atoms with Gasteiger partial charge in [0.25, 0.3) is 0 Å². The summed E-state index contributed by atoms with van der Waals surface area (Å²) in [5.74, 6) is -0.463. The number of Topliss-reactive ketones (excluding diaryl/α,β-unsaturated/α-hetero) is 1. The summed E-state index contributed by atoms with van der Waals surface area (Å²) in [6, 6.07) is 29.7. The normalized spacial score (nSPS) is 16.0. The lowest BCUT2D eigenvalue weighted by Crippen LogP contribution is -2.45. The van der Waals surface area contributed by atoms with E-state index < -0.39 is 5.60 Å². The number of pyridine rings is 1. The molecule has 5 aromatic rings. The highest BCUT2D eigenvalue weighted by Crippen LogP contribution is 2.37. The van der Waals surface area contributed by atoms with Gasteiger partial charge in [-0.25, -0.2) is 9.78 Å².